The molecule has 0 heterocycles. The van der Waals surface area contributed by atoms with Crippen LogP contribution in [0.15, 0.2) is 53.4 Å². The molecule has 0 unspecified atom stereocenters. The zero-order valence-electron chi connectivity index (χ0n) is 15.8. The lowest BCUT2D eigenvalue weighted by Gasteiger charge is -2.23. The minimum absolute atomic E-state index is 0.0375. The van der Waals surface area contributed by atoms with E-state index >= 15 is 0 Å². The maximum atomic E-state index is 13.0. The lowest BCUT2D eigenvalue weighted by atomic mass is 10.0. The summed E-state index contributed by atoms with van der Waals surface area (Å²) in [5.74, 6) is -0.607. The molecule has 1 atom stereocenters. The molecule has 166 valence electrons. The first-order valence-electron chi connectivity index (χ1n) is 8.37. The first-order chi connectivity index (χ1) is 13.7. The highest BCUT2D eigenvalue weighted by Crippen LogP contribution is 2.31. The van der Waals surface area contributed by atoms with Gasteiger partial charge in [0.05, 0.1) is 16.5 Å². The van der Waals surface area contributed by atoms with Crippen molar-refractivity contribution in [2.45, 2.75) is 23.5 Å². The van der Waals surface area contributed by atoms with Crippen LogP contribution in [0.5, 0.6) is 5.75 Å². The van der Waals surface area contributed by atoms with Crippen molar-refractivity contribution in [1.29, 1.82) is 0 Å². The molecule has 30 heavy (non-hydrogen) atoms. The van der Waals surface area contributed by atoms with E-state index in [-0.39, 0.29) is 17.0 Å². The summed E-state index contributed by atoms with van der Waals surface area (Å²) in [4.78, 5) is 1.21. The molecule has 0 spiro atoms. The van der Waals surface area contributed by atoms with Crippen LogP contribution in [0.2, 0.25) is 0 Å². The zero-order chi connectivity index (χ0) is 22.7. The van der Waals surface area contributed by atoms with Gasteiger partial charge in [-0.3, -0.25) is 0 Å². The van der Waals surface area contributed by atoms with Crippen LogP contribution < -0.4 is 9.46 Å². The molecule has 2 aromatic rings. The first kappa shape index (κ1) is 24.0. The number of likely N-dealkylation sites (N-methyl/N-ethyl adjacent to an activating group) is 1. The fourth-order valence-electron chi connectivity index (χ4n) is 2.58. The van der Waals surface area contributed by atoms with E-state index in [1.165, 1.54) is 12.1 Å². The molecule has 0 aliphatic rings. The molecule has 12 heteroatoms. The minimum Gasteiger partial charge on any atom is -0.406 e. The second kappa shape index (κ2) is 8.82. The quantitative estimate of drug-likeness (QED) is 0.635. The molecule has 0 fully saturated rings. The highest BCUT2D eigenvalue weighted by Gasteiger charge is 2.32. The molecule has 2 aromatic carbocycles. The molecule has 0 saturated heterocycles. The molecular weight excluding hydrogens is 438 g/mol. The molecule has 0 aromatic heterocycles. The van der Waals surface area contributed by atoms with Gasteiger partial charge in [0, 0.05) is 6.54 Å². The van der Waals surface area contributed by atoms with Gasteiger partial charge in [-0.1, -0.05) is 12.1 Å². The Morgan fingerprint density at radius 2 is 1.60 bits per heavy atom. The number of sulfonamides is 1. The van der Waals surface area contributed by atoms with Gasteiger partial charge >= 0.3 is 12.5 Å². The third-order valence-electron chi connectivity index (χ3n) is 3.83. The number of nitrogens with zero attached hydrogens (tertiary/aromatic N) is 1. The van der Waals surface area contributed by atoms with E-state index in [4.69, 9.17) is 0 Å². The average Bonchev–Trinajstić information content (AvgIpc) is 2.59. The smallest absolute Gasteiger partial charge is 0.406 e. The van der Waals surface area contributed by atoms with Crippen molar-refractivity contribution in [2.24, 2.45) is 0 Å². The van der Waals surface area contributed by atoms with Gasteiger partial charge < -0.3 is 9.64 Å². The number of hydrogen-bond donors (Lipinski definition) is 1. The van der Waals surface area contributed by atoms with Gasteiger partial charge in [-0.05, 0) is 56.1 Å². The number of hydrogen-bond acceptors (Lipinski definition) is 4. The third kappa shape index (κ3) is 6.89. The van der Waals surface area contributed by atoms with Crippen LogP contribution in [0.1, 0.15) is 17.2 Å². The van der Waals surface area contributed by atoms with Crippen LogP contribution in [-0.4, -0.2) is 40.3 Å². The normalized spacial score (nSPS) is 14.0. The lowest BCUT2D eigenvalue weighted by Crippen LogP contribution is -2.35. The van der Waals surface area contributed by atoms with Crippen molar-refractivity contribution >= 4 is 10.0 Å². The van der Waals surface area contributed by atoms with Gasteiger partial charge in [0.15, 0.2) is 0 Å². The van der Waals surface area contributed by atoms with E-state index in [1.807, 2.05) is 0 Å². The molecule has 5 nitrogen and oxygen atoms in total. The van der Waals surface area contributed by atoms with Crippen molar-refractivity contribution < 1.29 is 39.5 Å². The Labute approximate surface area is 169 Å². The van der Waals surface area contributed by atoms with Gasteiger partial charge in [-0.15, -0.1) is 13.2 Å². The van der Waals surface area contributed by atoms with Crippen molar-refractivity contribution in [3.8, 4) is 5.75 Å². The van der Waals surface area contributed by atoms with Crippen LogP contribution in [0.3, 0.4) is 0 Å². The molecule has 2 rings (SSSR count). The summed E-state index contributed by atoms with van der Waals surface area (Å²) < 4.78 is 107. The summed E-state index contributed by atoms with van der Waals surface area (Å²) in [6.07, 6.45) is -9.54. The highest BCUT2D eigenvalue weighted by molar-refractivity contribution is 7.89. The molecule has 0 bridgehead atoms. The van der Waals surface area contributed by atoms with Gasteiger partial charge in [-0.25, -0.2) is 13.1 Å². The van der Waals surface area contributed by atoms with E-state index in [1.54, 1.807) is 19.0 Å². The molecule has 0 amide bonds. The SMILES string of the molecule is CN(C)C[C@H](NS(=O)(=O)c1ccc(OC(F)(F)F)cc1)c1cccc(C(F)(F)F)c1. The number of rotatable bonds is 7. The third-order valence-corrected chi connectivity index (χ3v) is 5.32. The molecule has 1 N–H and O–H groups in total. The van der Waals surface area contributed by atoms with Gasteiger partial charge in [0.1, 0.15) is 5.75 Å². The Morgan fingerprint density at radius 1 is 1.00 bits per heavy atom. The fraction of sp³-hybridized carbons (Fsp3) is 0.333. The van der Waals surface area contributed by atoms with Crippen LogP contribution in [0, 0.1) is 0 Å². The largest absolute Gasteiger partial charge is 0.573 e. The summed E-state index contributed by atoms with van der Waals surface area (Å²) in [5, 5.41) is 0. The Morgan fingerprint density at radius 3 is 2.10 bits per heavy atom. The summed E-state index contributed by atoms with van der Waals surface area (Å²) in [6, 6.07) is 6.65. The number of halogens is 6. The topological polar surface area (TPSA) is 58.6 Å². The average molecular weight is 456 g/mol. The summed E-state index contributed by atoms with van der Waals surface area (Å²) in [7, 11) is -1.04. The minimum atomic E-state index is -4.93. The Kier molecular flexibility index (Phi) is 7.05. The van der Waals surface area contributed by atoms with Gasteiger partial charge in [0.2, 0.25) is 10.0 Å². The van der Waals surface area contributed by atoms with Crippen molar-refractivity contribution in [1.82, 2.24) is 9.62 Å². The predicted octanol–water partition coefficient (Wildman–Crippen LogP) is 4.19. The summed E-state index contributed by atoms with van der Waals surface area (Å²) in [6.45, 7) is 0.0375. The maximum Gasteiger partial charge on any atom is 0.573 e. The van der Waals surface area contributed by atoms with Crippen molar-refractivity contribution in [3.63, 3.8) is 0 Å². The fourth-order valence-corrected chi connectivity index (χ4v) is 3.80. The second-order valence-corrected chi connectivity index (χ2v) is 8.29. The van der Waals surface area contributed by atoms with E-state index in [0.29, 0.717) is 0 Å². The summed E-state index contributed by atoms with van der Waals surface area (Å²) in [5.41, 5.74) is -0.851. The Balaban J connectivity index is 2.32. The Bertz CT molecular complexity index is 957. The predicted molar refractivity (Wildman–Crippen MR) is 96.2 cm³/mol. The second-order valence-electron chi connectivity index (χ2n) is 6.58. The zero-order valence-corrected chi connectivity index (χ0v) is 16.6. The molecule has 0 aliphatic heterocycles. The first-order valence-corrected chi connectivity index (χ1v) is 9.86. The van der Waals surface area contributed by atoms with Gasteiger partial charge in [-0.2, -0.15) is 13.2 Å². The van der Waals surface area contributed by atoms with Crippen LogP contribution in [-0.2, 0) is 16.2 Å². The highest BCUT2D eigenvalue weighted by atomic mass is 32.2. The van der Waals surface area contributed by atoms with E-state index < -0.39 is 39.9 Å². The number of ether oxygens (including phenoxy) is 1. The summed E-state index contributed by atoms with van der Waals surface area (Å²) >= 11 is 0. The van der Waals surface area contributed by atoms with Crippen LogP contribution in [0.25, 0.3) is 0 Å². The number of alkyl halides is 6. The standard InChI is InChI=1S/C18H18F6N2O3S/c1-26(2)11-16(12-4-3-5-13(10-12)17(19,20)21)25-30(27,28)15-8-6-14(7-9-15)29-18(22,23)24/h3-10,16,25H,11H2,1-2H3/t16-/m0/s1. The maximum absolute atomic E-state index is 13.0. The number of nitrogens with one attached hydrogen (secondary N) is 1. The van der Waals surface area contributed by atoms with Gasteiger partial charge in [0.25, 0.3) is 0 Å². The van der Waals surface area contributed by atoms with E-state index in [2.05, 4.69) is 9.46 Å². The van der Waals surface area contributed by atoms with Crippen molar-refractivity contribution in [3.05, 3.63) is 59.7 Å². The number of benzene rings is 2. The van der Waals surface area contributed by atoms with Crippen LogP contribution >= 0.6 is 0 Å². The lowest BCUT2D eigenvalue weighted by molar-refractivity contribution is -0.274. The Hall–Kier alpha value is -2.31. The molecule has 0 radical (unpaired) electrons. The molecular formula is C18H18F6N2O3S. The van der Waals surface area contributed by atoms with Crippen LogP contribution in [0.4, 0.5) is 26.3 Å². The van der Waals surface area contributed by atoms with E-state index in [0.717, 1.165) is 36.4 Å². The molecule has 0 aliphatic carbocycles. The van der Waals surface area contributed by atoms with E-state index in [9.17, 15) is 34.8 Å². The monoisotopic (exact) mass is 456 g/mol. The van der Waals surface area contributed by atoms with Crippen molar-refractivity contribution in [2.75, 3.05) is 20.6 Å². The molecule has 0 saturated carbocycles.